The number of hydrogen-bond acceptors (Lipinski definition) is 3. The monoisotopic (exact) mass is 237 g/mol. The first-order chi connectivity index (χ1) is 8.75. The number of carbonyl (C=O) groups is 1. The molecule has 3 rings (SSSR count). The van der Waals surface area contributed by atoms with Crippen LogP contribution in [0.2, 0.25) is 0 Å². The van der Waals surface area contributed by atoms with Gasteiger partial charge in [-0.15, -0.1) is 0 Å². The summed E-state index contributed by atoms with van der Waals surface area (Å²) in [7, 11) is 0. The summed E-state index contributed by atoms with van der Waals surface area (Å²) in [5.41, 5.74) is 2.99. The van der Waals surface area contributed by atoms with Crippen molar-refractivity contribution in [3.8, 4) is 0 Å². The van der Waals surface area contributed by atoms with E-state index in [9.17, 15) is 4.79 Å². The van der Waals surface area contributed by atoms with Crippen LogP contribution in [0, 0.1) is 6.92 Å². The Morgan fingerprint density at radius 3 is 2.67 bits per heavy atom. The molecule has 0 N–H and O–H groups in total. The van der Waals surface area contributed by atoms with Gasteiger partial charge in [0.1, 0.15) is 5.52 Å². The first-order valence-corrected chi connectivity index (χ1v) is 5.67. The van der Waals surface area contributed by atoms with Crippen molar-refractivity contribution in [2.24, 2.45) is 0 Å². The molecular formula is C14H11N3O. The maximum Gasteiger partial charge on any atom is 0.278 e. The largest absolute Gasteiger partial charge is 0.278 e. The number of fused-ring (bicyclic) bond motifs is 1. The van der Waals surface area contributed by atoms with Crippen molar-refractivity contribution in [1.29, 1.82) is 0 Å². The highest BCUT2D eigenvalue weighted by molar-refractivity contribution is 6.00. The number of rotatable bonds is 1. The van der Waals surface area contributed by atoms with E-state index in [0.29, 0.717) is 5.56 Å². The molecule has 0 unspecified atom stereocenters. The van der Waals surface area contributed by atoms with Gasteiger partial charge in [0.15, 0.2) is 0 Å². The lowest BCUT2D eigenvalue weighted by Crippen LogP contribution is -2.13. The number of pyridine rings is 1. The van der Waals surface area contributed by atoms with Crippen LogP contribution in [0.3, 0.4) is 0 Å². The predicted octanol–water partition coefficient (Wildman–Crippen LogP) is 2.43. The molecule has 1 aromatic carbocycles. The zero-order chi connectivity index (χ0) is 12.5. The number of hydrogen-bond donors (Lipinski definition) is 0. The molecule has 18 heavy (non-hydrogen) atoms. The molecule has 0 amide bonds. The number of carbonyl (C=O) groups excluding carboxylic acids is 1. The van der Waals surface area contributed by atoms with Gasteiger partial charge in [0.25, 0.3) is 5.91 Å². The Hall–Kier alpha value is -2.49. The van der Waals surface area contributed by atoms with Crippen molar-refractivity contribution in [3.05, 3.63) is 59.9 Å². The SMILES string of the molecule is Cc1ccc2c(cnn2C(=O)c2ccccc2)n1. The minimum absolute atomic E-state index is 0.142. The summed E-state index contributed by atoms with van der Waals surface area (Å²) in [6.07, 6.45) is 1.61. The maximum absolute atomic E-state index is 12.3. The second-order valence-corrected chi connectivity index (χ2v) is 4.08. The summed E-state index contributed by atoms with van der Waals surface area (Å²) >= 11 is 0. The molecule has 0 aliphatic rings. The fourth-order valence-electron chi connectivity index (χ4n) is 1.88. The summed E-state index contributed by atoms with van der Waals surface area (Å²) in [6, 6.07) is 12.8. The molecular weight excluding hydrogens is 226 g/mol. The first kappa shape index (κ1) is 10.7. The van der Waals surface area contributed by atoms with Crippen LogP contribution in [0.1, 0.15) is 16.1 Å². The predicted molar refractivity (Wildman–Crippen MR) is 68.4 cm³/mol. The molecule has 4 nitrogen and oxygen atoms in total. The summed E-state index contributed by atoms with van der Waals surface area (Å²) in [5, 5.41) is 4.12. The Morgan fingerprint density at radius 1 is 1.11 bits per heavy atom. The molecule has 2 heterocycles. The Balaban J connectivity index is 2.13. The van der Waals surface area contributed by atoms with Gasteiger partial charge in [-0.25, -0.2) is 4.98 Å². The Bertz CT molecular complexity index is 716. The van der Waals surface area contributed by atoms with Crippen molar-refractivity contribution in [2.45, 2.75) is 6.92 Å². The van der Waals surface area contributed by atoms with Crippen LogP contribution in [0.4, 0.5) is 0 Å². The number of nitrogens with zero attached hydrogens (tertiary/aromatic N) is 3. The standard InChI is InChI=1S/C14H11N3O/c1-10-7-8-13-12(16-10)9-15-17(13)14(18)11-5-3-2-4-6-11/h2-9H,1H3. The molecule has 0 bridgehead atoms. The molecule has 0 aliphatic heterocycles. The van der Waals surface area contributed by atoms with Gasteiger partial charge < -0.3 is 0 Å². The highest BCUT2D eigenvalue weighted by atomic mass is 16.2. The van der Waals surface area contributed by atoms with Crippen LogP contribution >= 0.6 is 0 Å². The van der Waals surface area contributed by atoms with Crippen LogP contribution in [-0.4, -0.2) is 20.7 Å². The Labute approximate surface area is 104 Å². The minimum atomic E-state index is -0.142. The van der Waals surface area contributed by atoms with Gasteiger partial charge in [-0.3, -0.25) is 4.79 Å². The van der Waals surface area contributed by atoms with Crippen LogP contribution in [0.15, 0.2) is 48.7 Å². The number of benzene rings is 1. The third kappa shape index (κ3) is 1.68. The van der Waals surface area contributed by atoms with Crippen LogP contribution in [-0.2, 0) is 0 Å². The molecule has 88 valence electrons. The average molecular weight is 237 g/mol. The fourth-order valence-corrected chi connectivity index (χ4v) is 1.88. The topological polar surface area (TPSA) is 47.8 Å². The van der Waals surface area contributed by atoms with Crippen molar-refractivity contribution < 1.29 is 4.79 Å². The van der Waals surface area contributed by atoms with Crippen molar-refractivity contribution in [1.82, 2.24) is 14.8 Å². The summed E-state index contributed by atoms with van der Waals surface area (Å²) in [4.78, 5) is 16.6. The normalized spacial score (nSPS) is 10.7. The van der Waals surface area contributed by atoms with E-state index >= 15 is 0 Å². The maximum atomic E-state index is 12.3. The lowest BCUT2D eigenvalue weighted by Gasteiger charge is -2.02. The molecule has 0 saturated carbocycles. The van der Waals surface area contributed by atoms with Gasteiger partial charge in [0, 0.05) is 11.3 Å². The summed E-state index contributed by atoms with van der Waals surface area (Å²) < 4.78 is 1.39. The van der Waals surface area contributed by atoms with E-state index in [1.807, 2.05) is 37.3 Å². The van der Waals surface area contributed by atoms with E-state index in [0.717, 1.165) is 16.7 Å². The zero-order valence-corrected chi connectivity index (χ0v) is 9.87. The molecule has 0 saturated heterocycles. The molecule has 0 spiro atoms. The van der Waals surface area contributed by atoms with E-state index in [1.54, 1.807) is 18.3 Å². The zero-order valence-electron chi connectivity index (χ0n) is 9.87. The van der Waals surface area contributed by atoms with Gasteiger partial charge in [0.2, 0.25) is 0 Å². The van der Waals surface area contributed by atoms with Gasteiger partial charge >= 0.3 is 0 Å². The lowest BCUT2D eigenvalue weighted by atomic mass is 10.2. The van der Waals surface area contributed by atoms with E-state index in [-0.39, 0.29) is 5.91 Å². The molecule has 0 radical (unpaired) electrons. The summed E-state index contributed by atoms with van der Waals surface area (Å²) in [5.74, 6) is -0.142. The van der Waals surface area contributed by atoms with Gasteiger partial charge in [-0.05, 0) is 31.2 Å². The van der Waals surface area contributed by atoms with Crippen LogP contribution in [0.5, 0.6) is 0 Å². The van der Waals surface area contributed by atoms with Crippen molar-refractivity contribution in [3.63, 3.8) is 0 Å². The fraction of sp³-hybridized carbons (Fsp3) is 0.0714. The van der Waals surface area contributed by atoms with Gasteiger partial charge in [0.05, 0.1) is 11.7 Å². The lowest BCUT2D eigenvalue weighted by molar-refractivity contribution is 0.0950. The quantitative estimate of drug-likeness (QED) is 0.653. The molecule has 0 fully saturated rings. The van der Waals surface area contributed by atoms with Crippen LogP contribution in [0.25, 0.3) is 11.0 Å². The van der Waals surface area contributed by atoms with E-state index in [2.05, 4.69) is 10.1 Å². The Kier molecular flexibility index (Phi) is 2.41. The molecule has 2 aromatic heterocycles. The number of aromatic nitrogens is 3. The van der Waals surface area contributed by atoms with Crippen molar-refractivity contribution in [2.75, 3.05) is 0 Å². The van der Waals surface area contributed by atoms with Gasteiger partial charge in [-0.1, -0.05) is 18.2 Å². The average Bonchev–Trinajstić information content (AvgIpc) is 2.81. The van der Waals surface area contributed by atoms with E-state index < -0.39 is 0 Å². The molecule has 3 aromatic rings. The van der Waals surface area contributed by atoms with Crippen LogP contribution < -0.4 is 0 Å². The molecule has 0 atom stereocenters. The highest BCUT2D eigenvalue weighted by Gasteiger charge is 2.12. The first-order valence-electron chi connectivity index (χ1n) is 5.67. The third-order valence-corrected chi connectivity index (χ3v) is 2.78. The Morgan fingerprint density at radius 2 is 1.89 bits per heavy atom. The second-order valence-electron chi connectivity index (χ2n) is 4.08. The van der Waals surface area contributed by atoms with Crippen molar-refractivity contribution >= 4 is 16.9 Å². The third-order valence-electron chi connectivity index (χ3n) is 2.78. The molecule has 0 aliphatic carbocycles. The van der Waals surface area contributed by atoms with E-state index in [1.165, 1.54) is 4.68 Å². The smallest absolute Gasteiger partial charge is 0.267 e. The number of aryl methyl sites for hydroxylation is 1. The second kappa shape index (κ2) is 4.07. The summed E-state index contributed by atoms with van der Waals surface area (Å²) in [6.45, 7) is 1.91. The van der Waals surface area contributed by atoms with E-state index in [4.69, 9.17) is 0 Å². The van der Waals surface area contributed by atoms with Gasteiger partial charge in [-0.2, -0.15) is 9.78 Å². The minimum Gasteiger partial charge on any atom is -0.267 e. The molecule has 4 heteroatoms. The highest BCUT2D eigenvalue weighted by Crippen LogP contribution is 2.13.